The smallest absolute Gasteiger partial charge is 0.353 e. The van der Waals surface area contributed by atoms with Gasteiger partial charge in [-0.2, -0.15) is 5.26 Å². The van der Waals surface area contributed by atoms with E-state index in [1.165, 1.54) is 0 Å². The zero-order valence-corrected chi connectivity index (χ0v) is 10.2. The van der Waals surface area contributed by atoms with Gasteiger partial charge in [0.1, 0.15) is 17.4 Å². The monoisotopic (exact) mass is 249 g/mol. The summed E-state index contributed by atoms with van der Waals surface area (Å²) in [7, 11) is 0. The minimum Gasteiger partial charge on any atom is -0.422 e. The van der Waals surface area contributed by atoms with Crippen LogP contribution in [0, 0.1) is 11.3 Å². The molecule has 2 rings (SSSR count). The van der Waals surface area contributed by atoms with Crippen molar-refractivity contribution in [1.82, 2.24) is 0 Å². The van der Waals surface area contributed by atoms with E-state index in [1.54, 1.807) is 18.2 Å². The topological polar surface area (TPSA) is 50.1 Å². The molecule has 0 aromatic heterocycles. The molecular formula is C16H11NO2. The maximum atomic E-state index is 11.6. The Kier molecular flexibility index (Phi) is 3.75. The molecule has 0 saturated heterocycles. The van der Waals surface area contributed by atoms with Crippen LogP contribution in [0.4, 0.5) is 0 Å². The number of rotatable bonds is 3. The van der Waals surface area contributed by atoms with Gasteiger partial charge < -0.3 is 4.74 Å². The summed E-state index contributed by atoms with van der Waals surface area (Å²) in [4.78, 5) is 11.6. The molecule has 2 aromatic rings. The number of benzene rings is 2. The van der Waals surface area contributed by atoms with Crippen LogP contribution in [0.3, 0.4) is 0 Å². The number of carbonyl (C=O) groups is 1. The molecule has 0 aliphatic rings. The second-order valence-electron chi connectivity index (χ2n) is 3.84. The number of hydrogen-bond acceptors (Lipinski definition) is 3. The largest absolute Gasteiger partial charge is 0.422 e. The van der Waals surface area contributed by atoms with Crippen LogP contribution in [-0.4, -0.2) is 5.97 Å². The molecular weight excluding hydrogens is 238 g/mol. The lowest BCUT2D eigenvalue weighted by atomic mass is 10.1. The van der Waals surface area contributed by atoms with Crippen molar-refractivity contribution in [3.8, 4) is 22.9 Å². The first-order chi connectivity index (χ1) is 9.22. The summed E-state index contributed by atoms with van der Waals surface area (Å²) >= 11 is 0. The fourth-order valence-electron chi connectivity index (χ4n) is 1.62. The predicted molar refractivity (Wildman–Crippen MR) is 72.3 cm³/mol. The van der Waals surface area contributed by atoms with E-state index in [9.17, 15) is 4.79 Å². The molecule has 0 atom stereocenters. The fraction of sp³-hybridized carbons (Fsp3) is 0. The molecule has 2 aromatic carbocycles. The van der Waals surface area contributed by atoms with Gasteiger partial charge in [-0.1, -0.05) is 55.1 Å². The summed E-state index contributed by atoms with van der Waals surface area (Å²) in [5, 5.41) is 8.62. The molecule has 19 heavy (non-hydrogen) atoms. The lowest BCUT2D eigenvalue weighted by molar-refractivity contribution is -0.129. The van der Waals surface area contributed by atoms with E-state index in [2.05, 4.69) is 6.58 Å². The molecule has 0 amide bonds. The SMILES string of the molecule is C=C(C#N)C(=O)Oc1ccccc1-c1ccccc1. The van der Waals surface area contributed by atoms with Gasteiger partial charge in [0.25, 0.3) is 0 Å². The third-order valence-electron chi connectivity index (χ3n) is 2.56. The Balaban J connectivity index is 2.36. The van der Waals surface area contributed by atoms with Gasteiger partial charge >= 0.3 is 5.97 Å². The van der Waals surface area contributed by atoms with Crippen molar-refractivity contribution >= 4 is 5.97 Å². The molecule has 0 heterocycles. The lowest BCUT2D eigenvalue weighted by Crippen LogP contribution is -2.09. The zero-order valence-electron chi connectivity index (χ0n) is 10.2. The Morgan fingerprint density at radius 2 is 1.68 bits per heavy atom. The predicted octanol–water partition coefficient (Wildman–Crippen LogP) is 3.34. The highest BCUT2D eigenvalue weighted by Gasteiger charge is 2.12. The number of ether oxygens (including phenoxy) is 1. The number of nitriles is 1. The van der Waals surface area contributed by atoms with Gasteiger partial charge in [0.05, 0.1) is 0 Å². The van der Waals surface area contributed by atoms with E-state index in [4.69, 9.17) is 10.00 Å². The van der Waals surface area contributed by atoms with Crippen molar-refractivity contribution < 1.29 is 9.53 Å². The van der Waals surface area contributed by atoms with Gasteiger partial charge in [0, 0.05) is 5.56 Å². The second kappa shape index (κ2) is 5.65. The van der Waals surface area contributed by atoms with Crippen molar-refractivity contribution in [2.75, 3.05) is 0 Å². The first-order valence-electron chi connectivity index (χ1n) is 5.68. The standard InChI is InChI=1S/C16H11NO2/c1-12(11-17)16(18)19-15-10-6-5-9-14(15)13-7-3-2-4-8-13/h2-10H,1H2. The zero-order chi connectivity index (χ0) is 13.7. The Morgan fingerprint density at radius 3 is 2.37 bits per heavy atom. The molecule has 0 N–H and O–H groups in total. The van der Waals surface area contributed by atoms with Crippen LogP contribution in [0.15, 0.2) is 66.7 Å². The van der Waals surface area contributed by atoms with Crippen molar-refractivity contribution in [3.05, 3.63) is 66.7 Å². The minimum absolute atomic E-state index is 0.220. The molecule has 0 saturated carbocycles. The van der Waals surface area contributed by atoms with E-state index in [0.717, 1.165) is 11.1 Å². The average molecular weight is 249 g/mol. The van der Waals surface area contributed by atoms with Gasteiger partial charge in [-0.15, -0.1) is 0 Å². The maximum Gasteiger partial charge on any atom is 0.353 e. The Bertz CT molecular complexity index is 654. The normalized spacial score (nSPS) is 9.42. The van der Waals surface area contributed by atoms with Gasteiger partial charge in [-0.05, 0) is 11.6 Å². The molecule has 3 heteroatoms. The molecule has 0 radical (unpaired) electrons. The highest BCUT2D eigenvalue weighted by molar-refractivity contribution is 5.94. The van der Waals surface area contributed by atoms with E-state index >= 15 is 0 Å². The van der Waals surface area contributed by atoms with Crippen LogP contribution in [0.25, 0.3) is 11.1 Å². The van der Waals surface area contributed by atoms with Crippen LogP contribution < -0.4 is 4.74 Å². The highest BCUT2D eigenvalue weighted by Crippen LogP contribution is 2.29. The summed E-state index contributed by atoms with van der Waals surface area (Å²) < 4.78 is 5.19. The molecule has 0 aliphatic heterocycles. The number of esters is 1. The third-order valence-corrected chi connectivity index (χ3v) is 2.56. The van der Waals surface area contributed by atoms with Gasteiger partial charge in [-0.25, -0.2) is 4.79 Å². The molecule has 0 spiro atoms. The van der Waals surface area contributed by atoms with Crippen LogP contribution in [-0.2, 0) is 4.79 Å². The van der Waals surface area contributed by atoms with E-state index < -0.39 is 5.97 Å². The van der Waals surface area contributed by atoms with Crippen molar-refractivity contribution in [3.63, 3.8) is 0 Å². The third kappa shape index (κ3) is 2.88. The van der Waals surface area contributed by atoms with E-state index in [0.29, 0.717) is 5.75 Å². The summed E-state index contributed by atoms with van der Waals surface area (Å²) in [6, 6.07) is 18.4. The molecule has 0 unspecified atom stereocenters. The number of carbonyl (C=O) groups excluding carboxylic acids is 1. The number of hydrogen-bond donors (Lipinski definition) is 0. The summed E-state index contributed by atoms with van der Waals surface area (Å²) in [5.41, 5.74) is 1.51. The summed E-state index contributed by atoms with van der Waals surface area (Å²) in [6.07, 6.45) is 0. The fourth-order valence-corrected chi connectivity index (χ4v) is 1.62. The molecule has 3 nitrogen and oxygen atoms in total. The summed E-state index contributed by atoms with van der Waals surface area (Å²) in [5.74, 6) is -0.319. The van der Waals surface area contributed by atoms with Crippen LogP contribution in [0.1, 0.15) is 0 Å². The van der Waals surface area contributed by atoms with Gasteiger partial charge in [0.2, 0.25) is 0 Å². The Hall–Kier alpha value is -2.86. The van der Waals surface area contributed by atoms with Crippen LogP contribution in [0.2, 0.25) is 0 Å². The van der Waals surface area contributed by atoms with Crippen molar-refractivity contribution in [1.29, 1.82) is 5.26 Å². The molecule has 0 bridgehead atoms. The second-order valence-corrected chi connectivity index (χ2v) is 3.84. The molecule has 92 valence electrons. The summed E-state index contributed by atoms with van der Waals surface area (Å²) in [6.45, 7) is 3.34. The lowest BCUT2D eigenvalue weighted by Gasteiger charge is -2.09. The van der Waals surface area contributed by atoms with Crippen LogP contribution in [0.5, 0.6) is 5.75 Å². The van der Waals surface area contributed by atoms with Crippen LogP contribution >= 0.6 is 0 Å². The first-order valence-corrected chi connectivity index (χ1v) is 5.68. The number of para-hydroxylation sites is 1. The van der Waals surface area contributed by atoms with E-state index in [1.807, 2.05) is 42.5 Å². The maximum absolute atomic E-state index is 11.6. The quantitative estimate of drug-likeness (QED) is 0.363. The average Bonchev–Trinajstić information content (AvgIpc) is 2.47. The van der Waals surface area contributed by atoms with Gasteiger partial charge in [0.15, 0.2) is 0 Å². The Morgan fingerprint density at radius 1 is 1.05 bits per heavy atom. The van der Waals surface area contributed by atoms with Gasteiger partial charge in [-0.3, -0.25) is 0 Å². The Labute approximate surface area is 111 Å². The van der Waals surface area contributed by atoms with Crippen molar-refractivity contribution in [2.24, 2.45) is 0 Å². The van der Waals surface area contributed by atoms with E-state index in [-0.39, 0.29) is 5.57 Å². The minimum atomic E-state index is -0.731. The first kappa shape index (κ1) is 12.6. The highest BCUT2D eigenvalue weighted by atomic mass is 16.5. The number of nitrogens with zero attached hydrogens (tertiary/aromatic N) is 1. The van der Waals surface area contributed by atoms with Crippen molar-refractivity contribution in [2.45, 2.75) is 0 Å². The molecule has 0 aliphatic carbocycles. The molecule has 0 fully saturated rings.